The summed E-state index contributed by atoms with van der Waals surface area (Å²) in [6.45, 7) is 4.67. The van der Waals surface area contributed by atoms with Crippen LogP contribution < -0.4 is 44.1 Å². The van der Waals surface area contributed by atoms with E-state index < -0.39 is 101 Å². The number of alkyl carbamates (subject to hydrolysis) is 1. The van der Waals surface area contributed by atoms with Gasteiger partial charge in [0.25, 0.3) is 0 Å². The number of guanidine groups is 1. The quantitative estimate of drug-likeness (QED) is 0.0483. The predicted molar refractivity (Wildman–Crippen MR) is 178 cm³/mol. The van der Waals surface area contributed by atoms with Crippen molar-refractivity contribution in [2.45, 2.75) is 89.2 Å². The maximum Gasteiger partial charge on any atom is 0.417 e. The third kappa shape index (κ3) is 14.5. The highest BCUT2D eigenvalue weighted by Crippen LogP contribution is 2.34. The number of carboxylic acid groups (broad SMARTS) is 1. The average molecular weight is 743 g/mol. The molecule has 1 aromatic carbocycles. The Hall–Kier alpha value is -5.89. The Morgan fingerprint density at radius 3 is 1.98 bits per heavy atom. The molecule has 0 saturated carbocycles. The van der Waals surface area contributed by atoms with Crippen molar-refractivity contribution < 1.29 is 56.2 Å². The van der Waals surface area contributed by atoms with Crippen LogP contribution in [0, 0.1) is 0 Å². The number of anilines is 1. The van der Waals surface area contributed by atoms with E-state index in [1.165, 1.54) is 0 Å². The standard InChI is InChI=1S/C31H41F3N8O10/c1-30(2,3)52-29(50)42-20(8-10-22(35)43)27(49)41-19(9-11-23(44)45)26(48)40-18(5-4-12-38-28(36)37)25(47)39-15-6-7-16-17(31(32,33)34)14-24(46)51-21(16)13-15/h6-7,13-14,18-20H,4-5,8-12H2,1-3H3,(H2,35,43)(H,39,47)(H,40,48)(H,41,49)(H,42,50)(H,44,45)(H4,36,37,38)/t18-,19-,20-/m0/s1. The smallest absolute Gasteiger partial charge is 0.417 e. The van der Waals surface area contributed by atoms with Crippen molar-refractivity contribution in [3.05, 3.63) is 40.2 Å². The lowest BCUT2D eigenvalue weighted by atomic mass is 10.1. The first-order valence-corrected chi connectivity index (χ1v) is 15.7. The maximum atomic E-state index is 13.5. The van der Waals surface area contributed by atoms with Gasteiger partial charge in [-0.15, -0.1) is 0 Å². The van der Waals surface area contributed by atoms with Gasteiger partial charge in [0.15, 0.2) is 5.96 Å². The zero-order valence-corrected chi connectivity index (χ0v) is 28.4. The number of aliphatic imine (C=N–C) groups is 1. The molecule has 0 bridgehead atoms. The lowest BCUT2D eigenvalue weighted by molar-refractivity contribution is -0.138. The number of primary amides is 1. The summed E-state index contributed by atoms with van der Waals surface area (Å²) >= 11 is 0. The molecule has 0 radical (unpaired) electrons. The van der Waals surface area contributed by atoms with E-state index in [0.717, 1.165) is 18.2 Å². The molecule has 0 aliphatic rings. The second-order valence-corrected chi connectivity index (χ2v) is 12.4. The Bertz CT molecular complexity index is 1740. The van der Waals surface area contributed by atoms with Crippen molar-refractivity contribution in [1.29, 1.82) is 0 Å². The number of nitrogens with one attached hydrogen (secondary N) is 4. The molecule has 18 nitrogen and oxygen atoms in total. The highest BCUT2D eigenvalue weighted by atomic mass is 19.4. The van der Waals surface area contributed by atoms with Crippen LogP contribution in [0.4, 0.5) is 23.7 Å². The van der Waals surface area contributed by atoms with Gasteiger partial charge in [-0.05, 0) is 58.6 Å². The van der Waals surface area contributed by atoms with Gasteiger partial charge in [0, 0.05) is 42.6 Å². The summed E-state index contributed by atoms with van der Waals surface area (Å²) in [5, 5.41) is 18.3. The number of fused-ring (bicyclic) bond motifs is 1. The first kappa shape index (κ1) is 42.3. The summed E-state index contributed by atoms with van der Waals surface area (Å²) in [4.78, 5) is 91.1. The molecule has 0 aliphatic carbocycles. The van der Waals surface area contributed by atoms with E-state index in [1.54, 1.807) is 20.8 Å². The Balaban J connectivity index is 2.38. The van der Waals surface area contributed by atoms with E-state index in [2.05, 4.69) is 26.3 Å². The van der Waals surface area contributed by atoms with Crippen molar-refractivity contribution >= 4 is 58.3 Å². The van der Waals surface area contributed by atoms with E-state index in [0.29, 0.717) is 0 Å². The number of hydrogen-bond acceptors (Lipinski definition) is 10. The van der Waals surface area contributed by atoms with Crippen LogP contribution in [0.3, 0.4) is 0 Å². The molecular formula is C31H41F3N8O10. The third-order valence-electron chi connectivity index (χ3n) is 6.86. The molecule has 0 spiro atoms. The molecule has 3 atom stereocenters. The van der Waals surface area contributed by atoms with Crippen molar-refractivity contribution in [3.8, 4) is 0 Å². The van der Waals surface area contributed by atoms with Crippen LogP contribution in [0.2, 0.25) is 0 Å². The molecule has 2 aromatic rings. The minimum Gasteiger partial charge on any atom is -0.481 e. The largest absolute Gasteiger partial charge is 0.481 e. The summed E-state index contributed by atoms with van der Waals surface area (Å²) in [5.41, 5.74) is 11.8. The van der Waals surface area contributed by atoms with E-state index >= 15 is 0 Å². The fourth-order valence-electron chi connectivity index (χ4n) is 4.56. The van der Waals surface area contributed by atoms with Crippen LogP contribution in [-0.4, -0.2) is 77.0 Å². The number of alkyl halides is 3. The summed E-state index contributed by atoms with van der Waals surface area (Å²) in [6, 6.07) is -1.16. The first-order valence-electron chi connectivity index (χ1n) is 15.7. The molecule has 1 aromatic heterocycles. The zero-order chi connectivity index (χ0) is 39.4. The molecule has 11 N–H and O–H groups in total. The van der Waals surface area contributed by atoms with Gasteiger partial charge in [0.1, 0.15) is 29.3 Å². The van der Waals surface area contributed by atoms with Gasteiger partial charge in [-0.1, -0.05) is 0 Å². The van der Waals surface area contributed by atoms with Gasteiger partial charge in [0.05, 0.1) is 5.56 Å². The number of hydrogen-bond donors (Lipinski definition) is 8. The highest BCUT2D eigenvalue weighted by Gasteiger charge is 2.34. The molecule has 0 fully saturated rings. The molecule has 286 valence electrons. The number of rotatable bonds is 17. The summed E-state index contributed by atoms with van der Waals surface area (Å²) in [5.74, 6) is -5.38. The number of carboxylic acids is 1. The summed E-state index contributed by atoms with van der Waals surface area (Å²) in [6.07, 6.45) is -7.78. The Morgan fingerprint density at radius 2 is 1.44 bits per heavy atom. The van der Waals surface area contributed by atoms with Gasteiger partial charge in [-0.3, -0.25) is 29.0 Å². The number of nitrogens with two attached hydrogens (primary N) is 3. The second kappa shape index (κ2) is 18.4. The number of halogens is 3. The predicted octanol–water partition coefficient (Wildman–Crippen LogP) is 0.797. The summed E-state index contributed by atoms with van der Waals surface area (Å²) < 4.78 is 50.5. The van der Waals surface area contributed by atoms with Crippen LogP contribution >= 0.6 is 0 Å². The van der Waals surface area contributed by atoms with Gasteiger partial charge >= 0.3 is 23.9 Å². The minimum absolute atomic E-state index is 0.000388. The molecule has 0 aliphatic heterocycles. The highest BCUT2D eigenvalue weighted by molar-refractivity contribution is 6.00. The first-order chi connectivity index (χ1) is 24.0. The monoisotopic (exact) mass is 742 g/mol. The Kier molecular flexibility index (Phi) is 14.9. The van der Waals surface area contributed by atoms with E-state index in [1.807, 2.05) is 0 Å². The molecule has 5 amide bonds. The second-order valence-electron chi connectivity index (χ2n) is 12.4. The number of ether oxygens (including phenoxy) is 1. The fraction of sp³-hybridized carbons (Fsp3) is 0.484. The molecule has 2 rings (SSSR count). The number of nitrogens with zero attached hydrogens (tertiary/aromatic N) is 1. The van der Waals surface area contributed by atoms with Crippen LogP contribution in [-0.2, 0) is 34.9 Å². The van der Waals surface area contributed by atoms with Crippen LogP contribution in [0.25, 0.3) is 11.0 Å². The van der Waals surface area contributed by atoms with E-state index in [9.17, 15) is 51.8 Å². The van der Waals surface area contributed by atoms with Gasteiger partial charge < -0.3 is 52.7 Å². The summed E-state index contributed by atoms with van der Waals surface area (Å²) in [7, 11) is 0. The normalized spacial score (nSPS) is 13.2. The van der Waals surface area contributed by atoms with Gasteiger partial charge in [0.2, 0.25) is 23.6 Å². The number of carbonyl (C=O) groups is 6. The van der Waals surface area contributed by atoms with Crippen molar-refractivity contribution in [2.75, 3.05) is 11.9 Å². The molecular weight excluding hydrogens is 701 g/mol. The molecule has 0 unspecified atom stereocenters. The minimum atomic E-state index is -4.88. The molecule has 1 heterocycles. The lowest BCUT2D eigenvalue weighted by Gasteiger charge is -2.26. The lowest BCUT2D eigenvalue weighted by Crippen LogP contribution is -2.56. The number of benzene rings is 1. The molecule has 0 saturated heterocycles. The van der Waals surface area contributed by atoms with Crippen LogP contribution in [0.5, 0.6) is 0 Å². The van der Waals surface area contributed by atoms with E-state index in [-0.39, 0.29) is 49.9 Å². The number of carbonyl (C=O) groups excluding carboxylic acids is 5. The van der Waals surface area contributed by atoms with Gasteiger partial charge in [-0.25, -0.2) is 9.59 Å². The molecule has 21 heteroatoms. The van der Waals surface area contributed by atoms with Crippen molar-refractivity contribution in [3.63, 3.8) is 0 Å². The third-order valence-corrected chi connectivity index (χ3v) is 6.86. The van der Waals surface area contributed by atoms with Crippen molar-refractivity contribution in [2.24, 2.45) is 22.2 Å². The average Bonchev–Trinajstić information content (AvgIpc) is 3.00. The zero-order valence-electron chi connectivity index (χ0n) is 28.4. The maximum absolute atomic E-state index is 13.5. The van der Waals surface area contributed by atoms with Crippen LogP contribution in [0.15, 0.2) is 38.5 Å². The Morgan fingerprint density at radius 1 is 0.865 bits per heavy atom. The van der Waals surface area contributed by atoms with Crippen LogP contribution in [0.1, 0.15) is 64.9 Å². The topological polar surface area (TPSA) is 301 Å². The van der Waals surface area contributed by atoms with Crippen molar-refractivity contribution in [1.82, 2.24) is 16.0 Å². The van der Waals surface area contributed by atoms with Gasteiger partial charge in [-0.2, -0.15) is 13.2 Å². The van der Waals surface area contributed by atoms with E-state index in [4.69, 9.17) is 26.4 Å². The number of aliphatic carboxylic acids is 1. The Labute approximate surface area is 294 Å². The SMILES string of the molecule is CC(C)(C)OC(=O)N[C@@H](CCC(N)=O)C(=O)N[C@@H](CCC(=O)O)C(=O)N[C@@H](CCCN=C(N)N)C(=O)Nc1ccc2c(C(F)(F)F)cc(=O)oc2c1. The number of amides is 5. The molecule has 52 heavy (non-hydrogen) atoms. The fourth-order valence-corrected chi connectivity index (χ4v) is 4.56.